The highest BCUT2D eigenvalue weighted by Gasteiger charge is 2.65. The molecule has 14 aliphatic rings. The number of benzene rings is 4. The van der Waals surface area contributed by atoms with Gasteiger partial charge in [0, 0.05) is 85.6 Å². The number of fused-ring (bicyclic) bond motifs is 4. The zero-order valence-corrected chi connectivity index (χ0v) is 62.2. The van der Waals surface area contributed by atoms with Gasteiger partial charge in [0.05, 0.1) is 61.2 Å². The summed E-state index contributed by atoms with van der Waals surface area (Å²) in [6.07, 6.45) is 24.7. The molecule has 0 unspecified atom stereocenters. The van der Waals surface area contributed by atoms with Gasteiger partial charge in [-0.3, -0.25) is 19.2 Å². The number of amides is 4. The Bertz CT molecular complexity index is 3790. The van der Waals surface area contributed by atoms with Crippen LogP contribution in [0.25, 0.3) is 9.69 Å². The number of nitrogens with zero attached hydrogens (tertiary/aromatic N) is 5. The Morgan fingerprint density at radius 1 is 0.417 bits per heavy atom. The first-order chi connectivity index (χ1) is 49.9. The average Bonchev–Trinajstić information content (AvgIpc) is 0.779. The number of ether oxygens (including phenoxy) is 4. The van der Waals surface area contributed by atoms with Crippen LogP contribution in [-0.4, -0.2) is 137 Å². The molecule has 2 spiro atoms. The van der Waals surface area contributed by atoms with Gasteiger partial charge in [0.1, 0.15) is 0 Å². The number of nitrogens with one attached hydrogen (secondary N) is 1. The van der Waals surface area contributed by atoms with Crippen molar-refractivity contribution in [2.24, 2.45) is 47.3 Å². The van der Waals surface area contributed by atoms with Crippen molar-refractivity contribution >= 4 is 51.1 Å². The Morgan fingerprint density at radius 3 is 1.10 bits per heavy atom. The van der Waals surface area contributed by atoms with Gasteiger partial charge in [-0.25, -0.2) is 9.69 Å². The van der Waals surface area contributed by atoms with Crippen LogP contribution >= 0.6 is 15.9 Å². The first-order valence-corrected chi connectivity index (χ1v) is 39.8. The number of carbonyl (C=O) groups excluding carboxylic acids is 6. The van der Waals surface area contributed by atoms with Gasteiger partial charge < -0.3 is 48.6 Å². The van der Waals surface area contributed by atoms with Gasteiger partial charge in [0.2, 0.25) is 35.0 Å². The van der Waals surface area contributed by atoms with Gasteiger partial charge in [0.25, 0.3) is 0 Å². The molecule has 17 heteroatoms. The minimum atomic E-state index is -0.873. The van der Waals surface area contributed by atoms with Crippen molar-refractivity contribution in [2.75, 3.05) is 52.6 Å². The van der Waals surface area contributed by atoms with E-state index in [0.29, 0.717) is 50.5 Å². The van der Waals surface area contributed by atoms with Crippen molar-refractivity contribution < 1.29 is 47.7 Å². The van der Waals surface area contributed by atoms with Gasteiger partial charge in [0.15, 0.2) is 23.1 Å². The Kier molecular flexibility index (Phi) is 21.2. The summed E-state index contributed by atoms with van der Waals surface area (Å²) in [7, 11) is 0. The Labute approximate surface area is 617 Å². The summed E-state index contributed by atoms with van der Waals surface area (Å²) in [6.45, 7) is 28.9. The van der Waals surface area contributed by atoms with Crippen molar-refractivity contribution in [3.63, 3.8) is 0 Å². The molecule has 4 aromatic carbocycles. The Hall–Kier alpha value is -7.12. The lowest BCUT2D eigenvalue weighted by Crippen LogP contribution is -2.66. The van der Waals surface area contributed by atoms with E-state index < -0.39 is 33.2 Å². The fourth-order valence-corrected chi connectivity index (χ4v) is 21.5. The van der Waals surface area contributed by atoms with Crippen molar-refractivity contribution in [3.8, 4) is 0 Å². The second-order valence-corrected chi connectivity index (χ2v) is 33.2. The van der Waals surface area contributed by atoms with Crippen LogP contribution in [0.15, 0.2) is 145 Å². The van der Waals surface area contributed by atoms with E-state index in [2.05, 4.69) is 86.1 Å². The van der Waals surface area contributed by atoms with Crippen LogP contribution in [0.3, 0.4) is 0 Å². The summed E-state index contributed by atoms with van der Waals surface area (Å²) in [5, 5.41) is 3.10. The van der Waals surface area contributed by atoms with E-state index in [1.54, 1.807) is 12.2 Å². The van der Waals surface area contributed by atoms with Crippen molar-refractivity contribution in [3.05, 3.63) is 190 Å². The molecule has 12 atom stereocenters. The van der Waals surface area contributed by atoms with Crippen molar-refractivity contribution in [1.29, 1.82) is 0 Å². The molecule has 12 fully saturated rings. The molecule has 4 aromatic rings. The predicted molar refractivity (Wildman–Crippen MR) is 396 cm³/mol. The summed E-state index contributed by atoms with van der Waals surface area (Å²) in [5.74, 6) is -0.232. The molecule has 8 aliphatic carbocycles. The van der Waals surface area contributed by atoms with E-state index in [0.717, 1.165) is 125 Å². The van der Waals surface area contributed by atoms with Crippen LogP contribution < -0.4 is 5.32 Å². The van der Waals surface area contributed by atoms with Gasteiger partial charge in [-0.05, 0) is 155 Å². The zero-order valence-electron chi connectivity index (χ0n) is 60.6. The van der Waals surface area contributed by atoms with Crippen LogP contribution in [-0.2, 0) is 69.4 Å². The number of piperidine rings is 4. The molecule has 544 valence electrons. The lowest BCUT2D eigenvalue weighted by molar-refractivity contribution is -0.239. The molecule has 6 saturated heterocycles. The maximum absolute atomic E-state index is 13.9. The fourth-order valence-electron chi connectivity index (χ4n) is 20.9. The van der Waals surface area contributed by atoms with E-state index in [4.69, 9.17) is 32.1 Å². The number of ketones is 2. The third-order valence-electron chi connectivity index (χ3n) is 27.5. The lowest BCUT2D eigenvalue weighted by atomic mass is 9.54. The fraction of sp³-hybridized carbons (Fsp3) is 0.581. The predicted octanol–water partition coefficient (Wildman–Crippen LogP) is 14.4. The van der Waals surface area contributed by atoms with Crippen LogP contribution in [0.4, 0.5) is 0 Å². The largest absolute Gasteiger partial charge is 0.355 e. The molecule has 16 nitrogen and oxygen atoms in total. The van der Waals surface area contributed by atoms with Crippen LogP contribution in [0.5, 0.6) is 0 Å². The number of hydrogen-bond acceptors (Lipinski definition) is 10. The first kappa shape index (κ1) is 72.8. The maximum atomic E-state index is 13.9. The number of likely N-dealkylation sites (tertiary alicyclic amines) is 3. The number of allylic oxidation sites excluding steroid dienone is 2. The molecular weight excluding hydrogens is 1360 g/mol. The van der Waals surface area contributed by atoms with E-state index in [1.807, 2.05) is 109 Å². The van der Waals surface area contributed by atoms with E-state index in [1.165, 1.54) is 56.9 Å². The second kappa shape index (κ2) is 30.0. The van der Waals surface area contributed by atoms with Crippen LogP contribution in [0.1, 0.15) is 178 Å². The number of halogens is 1. The first-order valence-electron chi connectivity index (χ1n) is 38.9. The summed E-state index contributed by atoms with van der Waals surface area (Å²) in [4.78, 5) is 93.4. The number of Topliss-reactive ketones (excluding diaryl/α,β-unsaturated/α-hetero) is 2. The highest BCUT2D eigenvalue weighted by Crippen LogP contribution is 2.59. The Morgan fingerprint density at radius 2 is 0.748 bits per heavy atom. The van der Waals surface area contributed by atoms with Gasteiger partial charge >= 0.3 is 0 Å². The number of rotatable bonds is 7. The topological polar surface area (TPSA) is 170 Å². The van der Waals surface area contributed by atoms with E-state index >= 15 is 0 Å². The molecule has 1 N–H and O–H groups in total. The SMILES string of the molecule is BrC1CCC1.C[C@H]1[C@@H]2CCN(C3CCC3)C(=O)[C@@]2(c2ccccc2)CCC12OCCO2.C[C@H]1[C@@H]2CCNC(=O)[C@@]2(c2ccccc2)CCC12OCCO2.[C-]#[N+]C1=C[C@@]2(c3ccccc3)C(=O)N(C3CCC3)CC[C@@H]2[C@@H](C)C1=O.[C-]#[N+]C1=C[C@]2(c3ccccc3)C(=O)N(C3CCC3)CC[C@H]2[C@H](C)C1=O. The van der Waals surface area contributed by atoms with Crippen LogP contribution in [0, 0.1) is 60.5 Å². The number of carbonyl (C=O) groups is 6. The zero-order chi connectivity index (χ0) is 71.9. The van der Waals surface area contributed by atoms with E-state index in [9.17, 15) is 28.8 Å². The summed E-state index contributed by atoms with van der Waals surface area (Å²) >= 11 is 3.46. The van der Waals surface area contributed by atoms with Crippen molar-refractivity contribution in [2.45, 2.75) is 212 Å². The third-order valence-corrected chi connectivity index (χ3v) is 28.5. The third kappa shape index (κ3) is 12.5. The van der Waals surface area contributed by atoms with Crippen LogP contribution in [0.2, 0.25) is 0 Å². The standard InChI is InChI=1S/C22H29NO3.2C21H22N2O2.C18H23NO3.C4H7Br/c1-16-19-10-13-23(18-8-5-9-18)20(24)21(19,17-6-3-2-4-7-17)11-12-22(16)25-14-15-26-22;2*1-14-17-11-12-23(16-9-6-10-16)20(25)21(17,13-18(22-2)19(14)24)15-7-4-3-5-8-15;1-13-15-7-10-19-16(20)17(15,14-5-3-2-4-6-14)8-9-18(13)21-11-12-22-18;5-4-2-1-3-4/h2-4,6-7,16,18-19H,5,8-15H2,1H3;2*3-5,7-8,13-14,16-17H,6,9-12H2,1H3;2-6,13,15H,7-12H2,1H3,(H,19,20);4H,1-3H2/t16-,19-,21+;2*14-,17-,21+;13-,15-,17+;/m0100./s1. The molecule has 18 rings (SSSR count). The Balaban J connectivity index is 0.000000113. The monoisotopic (exact) mass is 1460 g/mol. The smallest absolute Gasteiger partial charge is 0.236 e. The minimum Gasteiger partial charge on any atom is -0.355 e. The highest BCUT2D eigenvalue weighted by molar-refractivity contribution is 9.09. The summed E-state index contributed by atoms with van der Waals surface area (Å²) in [5.41, 5.74) is 1.81. The molecule has 6 heterocycles. The van der Waals surface area contributed by atoms with Gasteiger partial charge in [-0.2, -0.15) is 0 Å². The molecule has 6 saturated carbocycles. The number of alkyl halides is 1. The van der Waals surface area contributed by atoms with E-state index in [-0.39, 0.29) is 88.0 Å². The summed E-state index contributed by atoms with van der Waals surface area (Å²) in [6, 6.07) is 41.4. The average molecular weight is 1460 g/mol. The summed E-state index contributed by atoms with van der Waals surface area (Å²) < 4.78 is 24.2. The van der Waals surface area contributed by atoms with Crippen molar-refractivity contribution in [1.82, 2.24) is 20.0 Å². The minimum absolute atomic E-state index is 0.0725. The molecule has 0 bridgehead atoms. The quantitative estimate of drug-likeness (QED) is 0.139. The number of hydrogen-bond donors (Lipinski definition) is 1. The lowest BCUT2D eigenvalue weighted by Gasteiger charge is -2.58. The molecule has 0 radical (unpaired) electrons. The normalized spacial score (nSPS) is 34.2. The van der Waals surface area contributed by atoms with Gasteiger partial charge in [-0.15, -0.1) is 0 Å². The highest BCUT2D eigenvalue weighted by atomic mass is 79.9. The molecule has 6 aliphatic heterocycles. The van der Waals surface area contributed by atoms with Gasteiger partial charge in [-0.1, -0.05) is 184 Å². The second-order valence-electron chi connectivity index (χ2n) is 31.9. The molecule has 103 heavy (non-hydrogen) atoms. The maximum Gasteiger partial charge on any atom is 0.236 e. The molecular formula is C86H103BrN6O10. The molecule has 4 amide bonds. The molecule has 0 aromatic heterocycles.